The van der Waals surface area contributed by atoms with E-state index in [0.29, 0.717) is 23.7 Å². The van der Waals surface area contributed by atoms with Crippen LogP contribution in [0.5, 0.6) is 5.75 Å². The van der Waals surface area contributed by atoms with E-state index in [-0.39, 0.29) is 0 Å². The minimum atomic E-state index is -0.900. The van der Waals surface area contributed by atoms with Crippen molar-refractivity contribution in [1.29, 1.82) is 0 Å². The fraction of sp³-hybridized carbons (Fsp3) is 0.412. The van der Waals surface area contributed by atoms with Crippen LogP contribution < -0.4 is 4.74 Å². The van der Waals surface area contributed by atoms with E-state index < -0.39 is 12.0 Å². The van der Waals surface area contributed by atoms with Crippen molar-refractivity contribution >= 4 is 5.97 Å². The molecule has 1 heterocycles. The van der Waals surface area contributed by atoms with E-state index in [1.807, 2.05) is 12.1 Å². The standard InChI is InChI=1S/C17H20N2O4/c1-19(10-14-8-9-23-18-14)16(17(20)21)13-4-6-15(7-5-13)22-11-12-2-3-12/h4-9,12,16H,2-3,10-11H2,1H3,(H,20,21). The number of aliphatic carboxylic acids is 1. The average molecular weight is 316 g/mol. The zero-order chi connectivity index (χ0) is 16.2. The number of carbonyl (C=O) groups is 1. The zero-order valence-corrected chi connectivity index (χ0v) is 13.0. The molecular formula is C17H20N2O4. The summed E-state index contributed by atoms with van der Waals surface area (Å²) in [7, 11) is 1.75. The van der Waals surface area contributed by atoms with Gasteiger partial charge in [0, 0.05) is 12.6 Å². The van der Waals surface area contributed by atoms with E-state index in [4.69, 9.17) is 9.26 Å². The number of carboxylic acids is 1. The van der Waals surface area contributed by atoms with Crippen LogP contribution in [0.2, 0.25) is 0 Å². The van der Waals surface area contributed by atoms with Crippen molar-refractivity contribution in [2.45, 2.75) is 25.4 Å². The number of nitrogens with zero attached hydrogens (tertiary/aromatic N) is 2. The first kappa shape index (κ1) is 15.6. The second-order valence-corrected chi connectivity index (χ2v) is 5.97. The third kappa shape index (κ3) is 4.10. The molecule has 6 heteroatoms. The number of ether oxygens (including phenoxy) is 1. The highest BCUT2D eigenvalue weighted by Crippen LogP contribution is 2.30. The minimum absolute atomic E-state index is 0.396. The Morgan fingerprint density at radius 3 is 2.70 bits per heavy atom. The van der Waals surface area contributed by atoms with Crippen LogP contribution in [0, 0.1) is 5.92 Å². The second-order valence-electron chi connectivity index (χ2n) is 5.97. The van der Waals surface area contributed by atoms with Gasteiger partial charge in [-0.25, -0.2) is 0 Å². The first-order chi connectivity index (χ1) is 11.1. The van der Waals surface area contributed by atoms with E-state index in [9.17, 15) is 9.90 Å². The van der Waals surface area contributed by atoms with E-state index in [1.54, 1.807) is 30.1 Å². The molecule has 1 aromatic heterocycles. The quantitative estimate of drug-likeness (QED) is 0.807. The Bertz CT molecular complexity index is 635. The van der Waals surface area contributed by atoms with Gasteiger partial charge in [-0.15, -0.1) is 0 Å². The SMILES string of the molecule is CN(Cc1ccon1)C(C(=O)O)c1ccc(OCC2CC2)cc1. The van der Waals surface area contributed by atoms with Crippen molar-refractivity contribution in [3.8, 4) is 5.75 Å². The van der Waals surface area contributed by atoms with Gasteiger partial charge in [0.15, 0.2) is 0 Å². The van der Waals surface area contributed by atoms with Crippen LogP contribution in [0.4, 0.5) is 0 Å². The van der Waals surface area contributed by atoms with Crippen LogP contribution in [0.25, 0.3) is 0 Å². The summed E-state index contributed by atoms with van der Waals surface area (Å²) in [5.74, 6) is 0.571. The molecule has 2 aromatic rings. The fourth-order valence-corrected chi connectivity index (χ4v) is 2.50. The number of aromatic nitrogens is 1. The monoisotopic (exact) mass is 316 g/mol. The summed E-state index contributed by atoms with van der Waals surface area (Å²) in [6, 6.07) is 8.25. The van der Waals surface area contributed by atoms with Crippen molar-refractivity contribution < 1.29 is 19.2 Å². The third-order valence-electron chi connectivity index (χ3n) is 3.96. The highest BCUT2D eigenvalue weighted by molar-refractivity contribution is 5.75. The van der Waals surface area contributed by atoms with Gasteiger partial charge in [0.25, 0.3) is 0 Å². The van der Waals surface area contributed by atoms with Gasteiger partial charge in [-0.3, -0.25) is 9.69 Å². The summed E-state index contributed by atoms with van der Waals surface area (Å²) in [4.78, 5) is 13.4. The Labute approximate surface area is 134 Å². The number of hydrogen-bond donors (Lipinski definition) is 1. The molecule has 6 nitrogen and oxygen atoms in total. The van der Waals surface area contributed by atoms with E-state index in [2.05, 4.69) is 5.16 Å². The summed E-state index contributed by atoms with van der Waals surface area (Å²) in [6.07, 6.45) is 3.96. The lowest BCUT2D eigenvalue weighted by molar-refractivity contribution is -0.143. The molecular weight excluding hydrogens is 296 g/mol. The first-order valence-corrected chi connectivity index (χ1v) is 7.68. The Kier molecular flexibility index (Phi) is 4.62. The number of rotatable bonds is 8. The topological polar surface area (TPSA) is 75.8 Å². The van der Waals surface area contributed by atoms with Crippen molar-refractivity contribution in [1.82, 2.24) is 10.1 Å². The molecule has 23 heavy (non-hydrogen) atoms. The lowest BCUT2D eigenvalue weighted by atomic mass is 10.1. The van der Waals surface area contributed by atoms with Crippen molar-refractivity contribution in [3.05, 3.63) is 47.9 Å². The van der Waals surface area contributed by atoms with Crippen LogP contribution in [0.15, 0.2) is 41.1 Å². The molecule has 0 amide bonds. The molecule has 0 aliphatic heterocycles. The van der Waals surface area contributed by atoms with Crippen LogP contribution in [0.1, 0.15) is 30.1 Å². The number of carboxylic acid groups (broad SMARTS) is 1. The van der Waals surface area contributed by atoms with E-state index in [1.165, 1.54) is 19.1 Å². The maximum Gasteiger partial charge on any atom is 0.325 e. The van der Waals surface area contributed by atoms with Gasteiger partial charge < -0.3 is 14.4 Å². The summed E-state index contributed by atoms with van der Waals surface area (Å²) in [5.41, 5.74) is 1.41. The maximum absolute atomic E-state index is 11.7. The minimum Gasteiger partial charge on any atom is -0.493 e. The molecule has 1 aromatic carbocycles. The normalized spacial score (nSPS) is 15.6. The lowest BCUT2D eigenvalue weighted by Gasteiger charge is -2.24. The second kappa shape index (κ2) is 6.83. The molecule has 122 valence electrons. The summed E-state index contributed by atoms with van der Waals surface area (Å²) in [5, 5.41) is 13.4. The predicted octanol–water partition coefficient (Wildman–Crippen LogP) is 2.72. The zero-order valence-electron chi connectivity index (χ0n) is 13.0. The van der Waals surface area contributed by atoms with Gasteiger partial charge in [-0.1, -0.05) is 17.3 Å². The van der Waals surface area contributed by atoms with Crippen molar-refractivity contribution in [2.24, 2.45) is 5.92 Å². The molecule has 0 radical (unpaired) electrons. The van der Waals surface area contributed by atoms with Gasteiger partial charge in [-0.2, -0.15) is 0 Å². The van der Waals surface area contributed by atoms with Gasteiger partial charge >= 0.3 is 5.97 Å². The molecule has 1 aliphatic rings. The smallest absolute Gasteiger partial charge is 0.325 e. The third-order valence-corrected chi connectivity index (χ3v) is 3.96. The fourth-order valence-electron chi connectivity index (χ4n) is 2.50. The largest absolute Gasteiger partial charge is 0.493 e. The number of hydrogen-bond acceptors (Lipinski definition) is 5. The van der Waals surface area contributed by atoms with Crippen LogP contribution >= 0.6 is 0 Å². The van der Waals surface area contributed by atoms with Gasteiger partial charge in [0.2, 0.25) is 0 Å². The molecule has 1 fully saturated rings. The average Bonchev–Trinajstić information content (AvgIpc) is 3.22. The van der Waals surface area contributed by atoms with Crippen molar-refractivity contribution in [2.75, 3.05) is 13.7 Å². The maximum atomic E-state index is 11.7. The molecule has 0 spiro atoms. The van der Waals surface area contributed by atoms with Gasteiger partial charge in [0.1, 0.15) is 18.1 Å². The Hall–Kier alpha value is -2.34. The highest BCUT2D eigenvalue weighted by atomic mass is 16.5. The summed E-state index contributed by atoms with van der Waals surface area (Å²) >= 11 is 0. The number of benzene rings is 1. The Morgan fingerprint density at radius 2 is 2.13 bits per heavy atom. The van der Waals surface area contributed by atoms with E-state index in [0.717, 1.165) is 12.4 Å². The predicted molar refractivity (Wildman–Crippen MR) is 83.0 cm³/mol. The van der Waals surface area contributed by atoms with Gasteiger partial charge in [-0.05, 0) is 43.5 Å². The molecule has 1 unspecified atom stereocenters. The van der Waals surface area contributed by atoms with Gasteiger partial charge in [0.05, 0.1) is 12.3 Å². The molecule has 0 saturated heterocycles. The summed E-state index contributed by atoms with van der Waals surface area (Å²) in [6.45, 7) is 1.14. The molecule has 1 atom stereocenters. The van der Waals surface area contributed by atoms with Crippen LogP contribution in [0.3, 0.4) is 0 Å². The molecule has 1 saturated carbocycles. The van der Waals surface area contributed by atoms with Crippen molar-refractivity contribution in [3.63, 3.8) is 0 Å². The number of likely N-dealkylation sites (N-methyl/N-ethyl adjacent to an activating group) is 1. The molecule has 0 bridgehead atoms. The van der Waals surface area contributed by atoms with E-state index >= 15 is 0 Å². The Morgan fingerprint density at radius 1 is 1.39 bits per heavy atom. The first-order valence-electron chi connectivity index (χ1n) is 7.68. The molecule has 3 rings (SSSR count). The molecule has 1 N–H and O–H groups in total. The summed E-state index contributed by atoms with van der Waals surface area (Å²) < 4.78 is 10.5. The van der Waals surface area contributed by atoms with Crippen LogP contribution in [-0.2, 0) is 11.3 Å². The Balaban J connectivity index is 1.67. The highest BCUT2D eigenvalue weighted by Gasteiger charge is 2.26. The van der Waals surface area contributed by atoms with Crippen LogP contribution in [-0.4, -0.2) is 34.8 Å². The lowest BCUT2D eigenvalue weighted by Crippen LogP contribution is -2.30. The molecule has 1 aliphatic carbocycles.